The molecule has 1 heterocycles. The van der Waals surface area contributed by atoms with E-state index in [0.717, 1.165) is 11.3 Å². The lowest BCUT2D eigenvalue weighted by molar-refractivity contribution is 0.0746. The number of hydrogen-bond acceptors (Lipinski definition) is 3. The van der Waals surface area contributed by atoms with Crippen molar-refractivity contribution >= 4 is 0 Å². The molecule has 2 aromatic rings. The van der Waals surface area contributed by atoms with E-state index in [1.807, 2.05) is 36.5 Å². The van der Waals surface area contributed by atoms with Gasteiger partial charge in [-0.2, -0.15) is 5.10 Å². The molecular formula is C14H17F2N3O. The molecule has 0 unspecified atom stereocenters. The van der Waals surface area contributed by atoms with Crippen molar-refractivity contribution in [2.75, 3.05) is 19.7 Å². The average Bonchev–Trinajstić information content (AvgIpc) is 2.88. The minimum absolute atomic E-state index is 0.139. The third-order valence-electron chi connectivity index (χ3n) is 2.88. The number of benzene rings is 1. The molecule has 0 aliphatic heterocycles. The van der Waals surface area contributed by atoms with Gasteiger partial charge in [0.15, 0.2) is 0 Å². The van der Waals surface area contributed by atoms with Crippen LogP contribution in [0.4, 0.5) is 8.78 Å². The van der Waals surface area contributed by atoms with Crippen molar-refractivity contribution in [3.63, 3.8) is 0 Å². The molecule has 1 aromatic heterocycles. The molecule has 0 saturated carbocycles. The van der Waals surface area contributed by atoms with Gasteiger partial charge in [0.2, 0.25) is 0 Å². The Morgan fingerprint density at radius 3 is 2.65 bits per heavy atom. The lowest BCUT2D eigenvalue weighted by atomic mass is 10.3. The fourth-order valence-electron chi connectivity index (χ4n) is 1.99. The Hall–Kier alpha value is -1.79. The van der Waals surface area contributed by atoms with E-state index in [9.17, 15) is 8.78 Å². The summed E-state index contributed by atoms with van der Waals surface area (Å²) in [7, 11) is 0. The minimum Gasteiger partial charge on any atom is -0.395 e. The highest BCUT2D eigenvalue weighted by molar-refractivity contribution is 5.30. The van der Waals surface area contributed by atoms with Gasteiger partial charge < -0.3 is 5.11 Å². The summed E-state index contributed by atoms with van der Waals surface area (Å²) in [4.78, 5) is 1.51. The molecule has 0 bridgehead atoms. The first-order chi connectivity index (χ1) is 9.69. The van der Waals surface area contributed by atoms with Crippen molar-refractivity contribution in [3.8, 4) is 5.69 Å². The number of halogens is 2. The first-order valence-electron chi connectivity index (χ1n) is 6.39. The van der Waals surface area contributed by atoms with Crippen LogP contribution in [0.2, 0.25) is 0 Å². The highest BCUT2D eigenvalue weighted by Crippen LogP contribution is 2.10. The Morgan fingerprint density at radius 1 is 1.25 bits per heavy atom. The number of aromatic nitrogens is 2. The summed E-state index contributed by atoms with van der Waals surface area (Å²) in [6.45, 7) is 0.0786. The van der Waals surface area contributed by atoms with Crippen molar-refractivity contribution < 1.29 is 13.9 Å². The monoisotopic (exact) mass is 281 g/mol. The van der Waals surface area contributed by atoms with E-state index in [-0.39, 0.29) is 19.7 Å². The maximum atomic E-state index is 12.4. The van der Waals surface area contributed by atoms with Crippen LogP contribution >= 0.6 is 0 Å². The molecule has 2 rings (SSSR count). The highest BCUT2D eigenvalue weighted by atomic mass is 19.3. The second-order valence-corrected chi connectivity index (χ2v) is 4.48. The number of hydrogen-bond donors (Lipinski definition) is 1. The van der Waals surface area contributed by atoms with Crippen LogP contribution in [0, 0.1) is 0 Å². The fourth-order valence-corrected chi connectivity index (χ4v) is 1.99. The van der Waals surface area contributed by atoms with Crippen LogP contribution in [0.5, 0.6) is 0 Å². The van der Waals surface area contributed by atoms with E-state index in [1.54, 1.807) is 10.9 Å². The normalized spacial score (nSPS) is 11.4. The number of alkyl halides is 2. The molecule has 0 saturated heterocycles. The topological polar surface area (TPSA) is 41.3 Å². The van der Waals surface area contributed by atoms with E-state index in [4.69, 9.17) is 5.11 Å². The van der Waals surface area contributed by atoms with Gasteiger partial charge in [-0.05, 0) is 12.1 Å². The Balaban J connectivity index is 2.04. The lowest BCUT2D eigenvalue weighted by Gasteiger charge is -2.19. The predicted molar refractivity (Wildman–Crippen MR) is 71.9 cm³/mol. The minimum atomic E-state index is -2.41. The van der Waals surface area contributed by atoms with E-state index in [2.05, 4.69) is 5.10 Å². The van der Waals surface area contributed by atoms with E-state index >= 15 is 0 Å². The number of aliphatic hydroxyl groups is 1. The number of aliphatic hydroxyl groups excluding tert-OH is 1. The first kappa shape index (κ1) is 14.6. The summed E-state index contributed by atoms with van der Waals surface area (Å²) >= 11 is 0. The third-order valence-corrected chi connectivity index (χ3v) is 2.88. The Morgan fingerprint density at radius 2 is 2.00 bits per heavy atom. The molecule has 0 aliphatic rings. The van der Waals surface area contributed by atoms with Crippen molar-refractivity contribution in [1.29, 1.82) is 0 Å². The van der Waals surface area contributed by atoms with Gasteiger partial charge in [-0.15, -0.1) is 0 Å². The van der Waals surface area contributed by atoms with Crippen LogP contribution < -0.4 is 0 Å². The van der Waals surface area contributed by atoms with Crippen molar-refractivity contribution in [2.45, 2.75) is 13.0 Å². The van der Waals surface area contributed by atoms with E-state index in [1.165, 1.54) is 4.90 Å². The highest BCUT2D eigenvalue weighted by Gasteiger charge is 2.13. The summed E-state index contributed by atoms with van der Waals surface area (Å²) in [6.07, 6.45) is 1.05. The van der Waals surface area contributed by atoms with Gasteiger partial charge in [-0.1, -0.05) is 18.2 Å². The van der Waals surface area contributed by atoms with Crippen molar-refractivity contribution in [3.05, 3.63) is 48.3 Å². The zero-order valence-electron chi connectivity index (χ0n) is 11.0. The van der Waals surface area contributed by atoms with Crippen LogP contribution in [-0.2, 0) is 6.54 Å². The number of para-hydroxylation sites is 1. The quantitative estimate of drug-likeness (QED) is 0.843. The second-order valence-electron chi connectivity index (χ2n) is 4.48. The molecule has 108 valence electrons. The summed E-state index contributed by atoms with van der Waals surface area (Å²) in [5.41, 5.74) is 1.75. The molecule has 1 N–H and O–H groups in total. The Bertz CT molecular complexity index is 516. The van der Waals surface area contributed by atoms with Gasteiger partial charge in [-0.3, -0.25) is 4.90 Å². The van der Waals surface area contributed by atoms with Crippen LogP contribution in [0.25, 0.3) is 5.69 Å². The van der Waals surface area contributed by atoms with Crippen LogP contribution in [0.1, 0.15) is 5.56 Å². The first-order valence-corrected chi connectivity index (χ1v) is 6.39. The number of rotatable bonds is 7. The van der Waals surface area contributed by atoms with Gasteiger partial charge in [-0.25, -0.2) is 13.5 Å². The van der Waals surface area contributed by atoms with Gasteiger partial charge in [0.05, 0.1) is 25.0 Å². The molecule has 0 spiro atoms. The fraction of sp³-hybridized carbons (Fsp3) is 0.357. The summed E-state index contributed by atoms with van der Waals surface area (Å²) in [5.74, 6) is 0. The van der Waals surface area contributed by atoms with Crippen LogP contribution in [0.3, 0.4) is 0 Å². The zero-order chi connectivity index (χ0) is 14.4. The summed E-state index contributed by atoms with van der Waals surface area (Å²) < 4.78 is 26.6. The third kappa shape index (κ3) is 4.11. The smallest absolute Gasteiger partial charge is 0.251 e. The molecule has 0 fully saturated rings. The predicted octanol–water partition coefficient (Wildman–Crippen LogP) is 1.93. The molecule has 0 amide bonds. The van der Waals surface area contributed by atoms with Gasteiger partial charge >= 0.3 is 0 Å². The molecule has 0 atom stereocenters. The van der Waals surface area contributed by atoms with E-state index in [0.29, 0.717) is 6.54 Å². The van der Waals surface area contributed by atoms with Crippen LogP contribution in [0.15, 0.2) is 42.7 Å². The molecule has 4 nitrogen and oxygen atoms in total. The maximum absolute atomic E-state index is 12.4. The average molecular weight is 281 g/mol. The molecule has 1 aromatic carbocycles. The van der Waals surface area contributed by atoms with E-state index < -0.39 is 6.43 Å². The Kier molecular flexibility index (Phi) is 5.20. The SMILES string of the molecule is OCCN(Cc1cnn(-c2ccccc2)c1)CC(F)F. The largest absolute Gasteiger partial charge is 0.395 e. The van der Waals surface area contributed by atoms with Crippen molar-refractivity contribution in [2.24, 2.45) is 0 Å². The van der Waals surface area contributed by atoms with Crippen molar-refractivity contribution in [1.82, 2.24) is 14.7 Å². The lowest BCUT2D eigenvalue weighted by Crippen LogP contribution is -2.31. The molecule has 20 heavy (non-hydrogen) atoms. The van der Waals surface area contributed by atoms with Gasteiger partial charge in [0.1, 0.15) is 0 Å². The maximum Gasteiger partial charge on any atom is 0.251 e. The Labute approximate surface area is 116 Å². The second kappa shape index (κ2) is 7.12. The van der Waals surface area contributed by atoms with Crippen LogP contribution in [-0.4, -0.2) is 45.9 Å². The van der Waals surface area contributed by atoms with Gasteiger partial charge in [0.25, 0.3) is 6.43 Å². The molecule has 0 aliphatic carbocycles. The number of nitrogens with zero attached hydrogens (tertiary/aromatic N) is 3. The molecule has 0 radical (unpaired) electrons. The molecule has 6 heteroatoms. The molecular weight excluding hydrogens is 264 g/mol. The van der Waals surface area contributed by atoms with Gasteiger partial charge in [0, 0.05) is 24.8 Å². The zero-order valence-corrected chi connectivity index (χ0v) is 11.0. The summed E-state index contributed by atoms with van der Waals surface area (Å²) in [6, 6.07) is 9.57. The standard InChI is InChI=1S/C14H17F2N3O/c15-14(16)11-18(6-7-20)9-12-8-17-19(10-12)13-4-2-1-3-5-13/h1-5,8,10,14,20H,6-7,9,11H2. The summed E-state index contributed by atoms with van der Waals surface area (Å²) in [5, 5.41) is 13.1.